The van der Waals surface area contributed by atoms with Crippen LogP contribution < -0.4 is 5.32 Å². The normalized spacial score (nSPS) is 10.2. The van der Waals surface area contributed by atoms with Crippen molar-refractivity contribution in [3.63, 3.8) is 0 Å². The zero-order chi connectivity index (χ0) is 14.7. The highest BCUT2D eigenvalue weighted by atomic mass is 16.6. The second kappa shape index (κ2) is 5.48. The van der Waals surface area contributed by atoms with Gasteiger partial charge in [0.2, 0.25) is 0 Å². The van der Waals surface area contributed by atoms with Crippen LogP contribution in [0.25, 0.3) is 0 Å². The highest BCUT2D eigenvalue weighted by molar-refractivity contribution is 5.56. The third kappa shape index (κ3) is 2.80. The van der Waals surface area contributed by atoms with E-state index in [2.05, 4.69) is 5.32 Å². The fraction of sp³-hybridized carbons (Fsp3) is 0.143. The lowest BCUT2D eigenvalue weighted by atomic mass is 10.1. The maximum atomic E-state index is 10.9. The van der Waals surface area contributed by atoms with E-state index in [1.165, 1.54) is 12.1 Å². The van der Waals surface area contributed by atoms with Gasteiger partial charge in [-0.15, -0.1) is 0 Å². The highest BCUT2D eigenvalue weighted by Crippen LogP contribution is 2.29. The molecule has 3 N–H and O–H groups in total. The number of anilines is 1. The van der Waals surface area contributed by atoms with Crippen molar-refractivity contribution in [2.45, 2.75) is 13.5 Å². The summed E-state index contributed by atoms with van der Waals surface area (Å²) in [5.41, 5.74) is 1.70. The van der Waals surface area contributed by atoms with Gasteiger partial charge in [-0.25, -0.2) is 0 Å². The van der Waals surface area contributed by atoms with Crippen molar-refractivity contribution < 1.29 is 15.1 Å². The van der Waals surface area contributed by atoms with E-state index in [9.17, 15) is 20.3 Å². The Morgan fingerprint density at radius 1 is 1.25 bits per heavy atom. The number of hydrogen-bond donors (Lipinski definition) is 3. The van der Waals surface area contributed by atoms with Crippen molar-refractivity contribution in [2.24, 2.45) is 0 Å². The van der Waals surface area contributed by atoms with Gasteiger partial charge in [0.1, 0.15) is 0 Å². The van der Waals surface area contributed by atoms with Crippen molar-refractivity contribution in [3.05, 3.63) is 57.6 Å². The predicted octanol–water partition coefficient (Wildman–Crippen LogP) is 2.93. The number of para-hydroxylation sites is 1. The molecule has 0 fully saturated rings. The summed E-state index contributed by atoms with van der Waals surface area (Å²) >= 11 is 0. The van der Waals surface area contributed by atoms with Gasteiger partial charge < -0.3 is 15.5 Å². The number of phenols is 2. The topological polar surface area (TPSA) is 95.6 Å². The molecule has 0 spiro atoms. The molecule has 0 radical (unpaired) electrons. The van der Waals surface area contributed by atoms with Crippen LogP contribution in [-0.4, -0.2) is 15.1 Å². The van der Waals surface area contributed by atoms with Crippen LogP contribution in [-0.2, 0) is 6.54 Å². The quantitative estimate of drug-likeness (QED) is 0.452. The molecule has 0 heterocycles. The summed E-state index contributed by atoms with van der Waals surface area (Å²) in [5.74, 6) is -0.388. The molecule has 0 atom stereocenters. The standard InChI is InChI=1S/C14H14N2O4/c1-9-5-6-11(7-12(9)16(19)20)15-8-10-3-2-4-13(17)14(10)18/h2-7,15,17-18H,8H2,1H3. The molecule has 0 saturated heterocycles. The third-order valence-electron chi connectivity index (χ3n) is 2.99. The van der Waals surface area contributed by atoms with E-state index in [0.717, 1.165) is 0 Å². The molecule has 0 bridgehead atoms. The van der Waals surface area contributed by atoms with Crippen LogP contribution in [0.15, 0.2) is 36.4 Å². The summed E-state index contributed by atoms with van der Waals surface area (Å²) in [6.45, 7) is 1.92. The van der Waals surface area contributed by atoms with E-state index in [4.69, 9.17) is 0 Å². The number of rotatable bonds is 4. The molecular weight excluding hydrogens is 260 g/mol. The van der Waals surface area contributed by atoms with E-state index in [-0.39, 0.29) is 23.7 Å². The number of nitro groups is 1. The van der Waals surface area contributed by atoms with E-state index in [1.807, 2.05) is 0 Å². The summed E-state index contributed by atoms with van der Waals surface area (Å²) in [6.07, 6.45) is 0. The molecule has 0 aliphatic carbocycles. The fourth-order valence-corrected chi connectivity index (χ4v) is 1.83. The van der Waals surface area contributed by atoms with E-state index in [0.29, 0.717) is 16.8 Å². The molecular formula is C14H14N2O4. The molecule has 20 heavy (non-hydrogen) atoms. The van der Waals surface area contributed by atoms with Gasteiger partial charge in [0.05, 0.1) is 4.92 Å². The number of hydrogen-bond acceptors (Lipinski definition) is 5. The number of aryl methyl sites for hydroxylation is 1. The molecule has 0 amide bonds. The fourth-order valence-electron chi connectivity index (χ4n) is 1.83. The van der Waals surface area contributed by atoms with Crippen LogP contribution >= 0.6 is 0 Å². The number of phenolic OH excluding ortho intramolecular Hbond substituents is 2. The number of nitrogens with one attached hydrogen (secondary N) is 1. The van der Waals surface area contributed by atoms with Crippen LogP contribution in [0.3, 0.4) is 0 Å². The van der Waals surface area contributed by atoms with Crippen LogP contribution in [0.4, 0.5) is 11.4 Å². The minimum absolute atomic E-state index is 0.0372. The summed E-state index contributed by atoms with van der Waals surface area (Å²) < 4.78 is 0. The van der Waals surface area contributed by atoms with Gasteiger partial charge in [0.25, 0.3) is 5.69 Å². The molecule has 6 heteroatoms. The first-order chi connectivity index (χ1) is 9.49. The third-order valence-corrected chi connectivity index (χ3v) is 2.99. The molecule has 104 valence electrons. The van der Waals surface area contributed by atoms with Crippen LogP contribution in [0.1, 0.15) is 11.1 Å². The van der Waals surface area contributed by atoms with Crippen molar-refractivity contribution in [2.75, 3.05) is 5.32 Å². The van der Waals surface area contributed by atoms with Gasteiger partial charge in [-0.05, 0) is 19.1 Å². The van der Waals surface area contributed by atoms with E-state index < -0.39 is 4.92 Å². The number of aromatic hydroxyl groups is 2. The monoisotopic (exact) mass is 274 g/mol. The average Bonchev–Trinajstić information content (AvgIpc) is 2.41. The number of nitro benzene ring substituents is 1. The van der Waals surface area contributed by atoms with E-state index >= 15 is 0 Å². The Morgan fingerprint density at radius 3 is 2.70 bits per heavy atom. The van der Waals surface area contributed by atoms with Gasteiger partial charge in [-0.1, -0.05) is 18.2 Å². The second-order valence-corrected chi connectivity index (χ2v) is 4.40. The Bertz CT molecular complexity index is 656. The number of nitrogens with zero attached hydrogens (tertiary/aromatic N) is 1. The van der Waals surface area contributed by atoms with Crippen molar-refractivity contribution >= 4 is 11.4 Å². The van der Waals surface area contributed by atoms with Gasteiger partial charge >= 0.3 is 0 Å². The summed E-state index contributed by atoms with van der Waals surface area (Å²) in [4.78, 5) is 10.4. The lowest BCUT2D eigenvalue weighted by molar-refractivity contribution is -0.385. The lowest BCUT2D eigenvalue weighted by Crippen LogP contribution is -2.01. The minimum atomic E-state index is -0.438. The molecule has 0 aliphatic heterocycles. The molecule has 6 nitrogen and oxygen atoms in total. The van der Waals surface area contributed by atoms with Gasteiger partial charge in [0.15, 0.2) is 11.5 Å². The van der Waals surface area contributed by atoms with E-state index in [1.54, 1.807) is 31.2 Å². The second-order valence-electron chi connectivity index (χ2n) is 4.40. The van der Waals surface area contributed by atoms with Crippen LogP contribution in [0.2, 0.25) is 0 Å². The Labute approximate surface area is 115 Å². The Balaban J connectivity index is 2.17. The first-order valence-electron chi connectivity index (χ1n) is 5.98. The first-order valence-corrected chi connectivity index (χ1v) is 5.98. The highest BCUT2D eigenvalue weighted by Gasteiger charge is 2.11. The smallest absolute Gasteiger partial charge is 0.274 e. The van der Waals surface area contributed by atoms with Gasteiger partial charge in [-0.3, -0.25) is 10.1 Å². The summed E-state index contributed by atoms with van der Waals surface area (Å²) in [6, 6.07) is 9.48. The minimum Gasteiger partial charge on any atom is -0.504 e. The Hall–Kier alpha value is -2.76. The SMILES string of the molecule is Cc1ccc(NCc2cccc(O)c2O)cc1[N+](=O)[O-]. The zero-order valence-corrected chi connectivity index (χ0v) is 10.8. The maximum Gasteiger partial charge on any atom is 0.274 e. The summed E-state index contributed by atoms with van der Waals surface area (Å²) in [5, 5.41) is 32.9. The van der Waals surface area contributed by atoms with Crippen LogP contribution in [0.5, 0.6) is 11.5 Å². The Kier molecular flexibility index (Phi) is 3.74. The molecule has 2 rings (SSSR count). The largest absolute Gasteiger partial charge is 0.504 e. The molecule has 2 aromatic carbocycles. The molecule has 0 aromatic heterocycles. The lowest BCUT2D eigenvalue weighted by Gasteiger charge is -2.09. The van der Waals surface area contributed by atoms with Crippen molar-refractivity contribution in [1.82, 2.24) is 0 Å². The Morgan fingerprint density at radius 2 is 2.00 bits per heavy atom. The molecule has 0 aliphatic rings. The maximum absolute atomic E-state index is 10.9. The van der Waals surface area contributed by atoms with Gasteiger partial charge in [-0.2, -0.15) is 0 Å². The van der Waals surface area contributed by atoms with Crippen molar-refractivity contribution in [1.29, 1.82) is 0 Å². The first kappa shape index (κ1) is 13.7. The summed E-state index contributed by atoms with van der Waals surface area (Å²) in [7, 11) is 0. The van der Waals surface area contributed by atoms with Gasteiger partial charge in [0, 0.05) is 29.4 Å². The van der Waals surface area contributed by atoms with Crippen LogP contribution in [0, 0.1) is 17.0 Å². The number of benzene rings is 2. The molecule has 0 saturated carbocycles. The molecule has 2 aromatic rings. The average molecular weight is 274 g/mol. The molecule has 0 unspecified atom stereocenters. The zero-order valence-electron chi connectivity index (χ0n) is 10.8. The predicted molar refractivity (Wildman–Crippen MR) is 74.9 cm³/mol. The van der Waals surface area contributed by atoms with Crippen molar-refractivity contribution in [3.8, 4) is 11.5 Å².